The number of para-hydroxylation sites is 1. The number of hydrogen-bond acceptors (Lipinski definition) is 6. The van der Waals surface area contributed by atoms with Crippen molar-refractivity contribution < 1.29 is 14.4 Å². The van der Waals surface area contributed by atoms with Gasteiger partial charge in [-0.25, -0.2) is 0 Å². The van der Waals surface area contributed by atoms with Gasteiger partial charge in [0.15, 0.2) is 5.78 Å². The van der Waals surface area contributed by atoms with E-state index < -0.39 is 23.6 Å². The first-order chi connectivity index (χ1) is 14.3. The van der Waals surface area contributed by atoms with Crippen molar-refractivity contribution in [3.8, 4) is 0 Å². The first-order valence-corrected chi connectivity index (χ1v) is 9.67. The number of hydrogen-bond donors (Lipinski definition) is 5. The molecule has 1 aliphatic heterocycles. The van der Waals surface area contributed by atoms with E-state index in [0.29, 0.717) is 16.4 Å². The van der Waals surface area contributed by atoms with Crippen LogP contribution in [0.15, 0.2) is 59.8 Å². The maximum Gasteiger partial charge on any atom is 0.257 e. The van der Waals surface area contributed by atoms with E-state index in [-0.39, 0.29) is 12.0 Å². The lowest BCUT2D eigenvalue weighted by molar-refractivity contribution is -0.124. The number of rotatable bonds is 7. The molecule has 0 saturated carbocycles. The average Bonchev–Trinajstić information content (AvgIpc) is 2.99. The fourth-order valence-corrected chi connectivity index (χ4v) is 3.07. The summed E-state index contributed by atoms with van der Waals surface area (Å²) in [6, 6.07) is 13.6. The van der Waals surface area contributed by atoms with Crippen LogP contribution in [0.25, 0.3) is 0 Å². The van der Waals surface area contributed by atoms with E-state index in [1.54, 1.807) is 31.2 Å². The second-order valence-corrected chi connectivity index (χ2v) is 7.27. The number of ketones is 1. The van der Waals surface area contributed by atoms with Crippen LogP contribution < -0.4 is 27.0 Å². The van der Waals surface area contributed by atoms with Crippen molar-refractivity contribution in [2.45, 2.75) is 26.3 Å². The predicted octanol–water partition coefficient (Wildman–Crippen LogP) is 2.44. The van der Waals surface area contributed by atoms with Crippen molar-refractivity contribution >= 4 is 40.6 Å². The van der Waals surface area contributed by atoms with Gasteiger partial charge in [0.05, 0.1) is 22.8 Å². The number of carbonyl (C=O) groups excluding carboxylic acids is 3. The van der Waals surface area contributed by atoms with E-state index in [9.17, 15) is 14.4 Å². The van der Waals surface area contributed by atoms with Crippen molar-refractivity contribution in [1.29, 1.82) is 0 Å². The molecule has 9 heteroatoms. The summed E-state index contributed by atoms with van der Waals surface area (Å²) in [6.07, 6.45) is -0.204. The summed E-state index contributed by atoms with van der Waals surface area (Å²) in [5, 5.41) is 2.99. The highest BCUT2D eigenvalue weighted by atomic mass is 35.5. The van der Waals surface area contributed by atoms with Crippen molar-refractivity contribution in [2.24, 2.45) is 0 Å². The summed E-state index contributed by atoms with van der Waals surface area (Å²) in [5.74, 6) is -1.42. The van der Waals surface area contributed by atoms with Gasteiger partial charge in [0.1, 0.15) is 11.6 Å². The van der Waals surface area contributed by atoms with Gasteiger partial charge in [-0.2, -0.15) is 0 Å². The summed E-state index contributed by atoms with van der Waals surface area (Å²) in [6.45, 7) is 3.60. The number of hydrazine groups is 2. The second-order valence-electron chi connectivity index (χ2n) is 6.86. The number of carbonyl (C=O) groups is 3. The van der Waals surface area contributed by atoms with Crippen molar-refractivity contribution in [3.63, 3.8) is 0 Å². The van der Waals surface area contributed by atoms with E-state index in [1.807, 2.05) is 31.2 Å². The Balaban J connectivity index is 1.57. The summed E-state index contributed by atoms with van der Waals surface area (Å²) in [4.78, 5) is 37.1. The molecule has 0 aliphatic carbocycles. The Morgan fingerprint density at radius 2 is 1.73 bits per heavy atom. The molecule has 1 unspecified atom stereocenters. The lowest BCUT2D eigenvalue weighted by Gasteiger charge is -2.12. The summed E-state index contributed by atoms with van der Waals surface area (Å²) in [7, 11) is 0. The predicted molar refractivity (Wildman–Crippen MR) is 115 cm³/mol. The number of amides is 2. The monoisotopic (exact) mass is 427 g/mol. The Morgan fingerprint density at radius 3 is 2.43 bits per heavy atom. The van der Waals surface area contributed by atoms with Crippen LogP contribution in [-0.4, -0.2) is 23.6 Å². The normalized spacial score (nSPS) is 17.2. The lowest BCUT2D eigenvalue weighted by atomic mass is 10.1. The van der Waals surface area contributed by atoms with Gasteiger partial charge in [0.25, 0.3) is 5.91 Å². The minimum atomic E-state index is -0.934. The van der Waals surface area contributed by atoms with Gasteiger partial charge in [0, 0.05) is 5.70 Å². The minimum absolute atomic E-state index is 0.00789. The third-order valence-corrected chi connectivity index (χ3v) is 4.85. The number of anilines is 2. The molecule has 2 amide bonds. The molecule has 3 rings (SSSR count). The third kappa shape index (κ3) is 5.09. The van der Waals surface area contributed by atoms with Crippen LogP contribution in [0, 0.1) is 6.92 Å². The van der Waals surface area contributed by atoms with Gasteiger partial charge in [0.2, 0.25) is 5.91 Å². The molecule has 5 N–H and O–H groups in total. The first-order valence-electron chi connectivity index (χ1n) is 9.29. The molecule has 0 radical (unpaired) electrons. The van der Waals surface area contributed by atoms with E-state index in [4.69, 9.17) is 11.6 Å². The molecule has 156 valence electrons. The molecule has 0 spiro atoms. The molecule has 2 aromatic rings. The minimum Gasteiger partial charge on any atom is -0.341 e. The van der Waals surface area contributed by atoms with Crippen LogP contribution in [0.1, 0.15) is 18.9 Å². The zero-order valence-electron chi connectivity index (χ0n) is 16.5. The van der Waals surface area contributed by atoms with Crippen LogP contribution >= 0.6 is 11.6 Å². The van der Waals surface area contributed by atoms with Gasteiger partial charge in [-0.05, 0) is 38.1 Å². The van der Waals surface area contributed by atoms with E-state index >= 15 is 0 Å². The molecule has 30 heavy (non-hydrogen) atoms. The summed E-state index contributed by atoms with van der Waals surface area (Å²) in [5.41, 5.74) is 13.8. The standard InChI is InChI=1S/C21H22ClN5O3/c1-12-7-9-14(10-8-12)25-24-13(2)19-20(29)17(23-21(19)30)11-18(28)27-26-16-6-4-3-5-15(16)22/h3-10,17,24-26H,11H2,1-2H3,(H,23,30)(H,27,28). The highest BCUT2D eigenvalue weighted by molar-refractivity contribution is 6.33. The highest BCUT2D eigenvalue weighted by Crippen LogP contribution is 2.20. The van der Waals surface area contributed by atoms with Crippen LogP contribution in [0.5, 0.6) is 0 Å². The Hall–Kier alpha value is -3.52. The van der Waals surface area contributed by atoms with Gasteiger partial charge >= 0.3 is 0 Å². The lowest BCUT2D eigenvalue weighted by Crippen LogP contribution is -2.38. The fraction of sp³-hybridized carbons (Fsp3) is 0.190. The fourth-order valence-electron chi connectivity index (χ4n) is 2.88. The van der Waals surface area contributed by atoms with Gasteiger partial charge in [-0.3, -0.25) is 25.2 Å². The van der Waals surface area contributed by atoms with Gasteiger partial charge in [-0.15, -0.1) is 0 Å². The molecule has 2 aromatic carbocycles. The third-order valence-electron chi connectivity index (χ3n) is 4.52. The van der Waals surface area contributed by atoms with Crippen LogP contribution in [0.3, 0.4) is 0 Å². The van der Waals surface area contributed by atoms with Crippen LogP contribution in [-0.2, 0) is 14.4 Å². The number of allylic oxidation sites excluding steroid dienone is 1. The number of aryl methyl sites for hydroxylation is 1. The molecule has 0 aromatic heterocycles. The molecular weight excluding hydrogens is 406 g/mol. The Labute approximate surface area is 179 Å². The molecule has 1 aliphatic rings. The molecular formula is C21H22ClN5O3. The van der Waals surface area contributed by atoms with Crippen LogP contribution in [0.2, 0.25) is 5.02 Å². The zero-order chi connectivity index (χ0) is 21.7. The number of nitrogens with one attached hydrogen (secondary N) is 5. The average molecular weight is 428 g/mol. The van der Waals surface area contributed by atoms with Crippen molar-refractivity contribution in [3.05, 3.63) is 70.4 Å². The number of halogens is 1. The zero-order valence-corrected chi connectivity index (χ0v) is 17.3. The van der Waals surface area contributed by atoms with Crippen molar-refractivity contribution in [1.82, 2.24) is 16.2 Å². The van der Waals surface area contributed by atoms with Gasteiger partial charge < -0.3 is 16.2 Å². The molecule has 8 nitrogen and oxygen atoms in total. The Bertz CT molecular complexity index is 1000. The van der Waals surface area contributed by atoms with Gasteiger partial charge in [-0.1, -0.05) is 41.4 Å². The van der Waals surface area contributed by atoms with E-state index in [1.165, 1.54) is 0 Å². The quantitative estimate of drug-likeness (QED) is 0.263. The Morgan fingerprint density at radius 1 is 1.03 bits per heavy atom. The van der Waals surface area contributed by atoms with E-state index in [2.05, 4.69) is 27.0 Å². The molecule has 1 fully saturated rings. The second kappa shape index (κ2) is 9.32. The number of Topliss-reactive ketones (excluding diaryl/α,β-unsaturated/α-hetero) is 1. The van der Waals surface area contributed by atoms with Crippen LogP contribution in [0.4, 0.5) is 11.4 Å². The topological polar surface area (TPSA) is 111 Å². The first kappa shape index (κ1) is 21.2. The SMILES string of the molecule is CC(NNc1ccc(C)cc1)=C1C(=O)NC(CC(=O)NNc2ccccc2Cl)C1=O. The Kier molecular flexibility index (Phi) is 6.58. The van der Waals surface area contributed by atoms with E-state index in [0.717, 1.165) is 11.3 Å². The molecule has 1 saturated heterocycles. The summed E-state index contributed by atoms with van der Waals surface area (Å²) >= 11 is 6.01. The maximum atomic E-state index is 12.6. The number of benzene rings is 2. The maximum absolute atomic E-state index is 12.6. The smallest absolute Gasteiger partial charge is 0.257 e. The highest BCUT2D eigenvalue weighted by Gasteiger charge is 2.38. The molecule has 1 heterocycles. The molecule has 0 bridgehead atoms. The summed E-state index contributed by atoms with van der Waals surface area (Å²) < 4.78 is 0. The van der Waals surface area contributed by atoms with Crippen molar-refractivity contribution in [2.75, 3.05) is 10.9 Å². The largest absolute Gasteiger partial charge is 0.341 e. The molecule has 1 atom stereocenters.